The highest BCUT2D eigenvalue weighted by Crippen LogP contribution is 2.25. The van der Waals surface area contributed by atoms with Crippen LogP contribution in [0.2, 0.25) is 10.3 Å². The lowest BCUT2D eigenvalue weighted by Gasteiger charge is -2.23. The molecule has 0 unspecified atom stereocenters. The Hall–Kier alpha value is -1.09. The van der Waals surface area contributed by atoms with Crippen molar-refractivity contribution in [1.82, 2.24) is 10.2 Å². The number of ether oxygens (including phenoxy) is 1. The van der Waals surface area contributed by atoms with Gasteiger partial charge < -0.3 is 9.64 Å². The maximum absolute atomic E-state index is 8.62. The van der Waals surface area contributed by atoms with Crippen molar-refractivity contribution in [3.63, 3.8) is 0 Å². The van der Waals surface area contributed by atoms with E-state index in [0.717, 1.165) is 0 Å². The topological polar surface area (TPSA) is 62.0 Å². The molecule has 1 heterocycles. The number of nitriles is 1. The maximum atomic E-state index is 8.62. The summed E-state index contributed by atoms with van der Waals surface area (Å²) in [5, 5.41) is 16.5. The van der Waals surface area contributed by atoms with E-state index >= 15 is 0 Å². The van der Waals surface area contributed by atoms with E-state index in [4.69, 9.17) is 33.2 Å². The quantitative estimate of drug-likeness (QED) is 0.796. The van der Waals surface area contributed by atoms with E-state index in [1.54, 1.807) is 13.2 Å². The number of anilines is 1. The number of aromatic nitrogens is 2. The number of hydrogen-bond donors (Lipinski definition) is 0. The van der Waals surface area contributed by atoms with Crippen molar-refractivity contribution in [2.75, 3.05) is 31.7 Å². The number of rotatable bonds is 6. The van der Waals surface area contributed by atoms with Gasteiger partial charge in [-0.2, -0.15) is 5.26 Å². The van der Waals surface area contributed by atoms with E-state index in [1.807, 2.05) is 4.90 Å². The van der Waals surface area contributed by atoms with E-state index < -0.39 is 0 Å². The second-order valence-electron chi connectivity index (χ2n) is 3.23. The highest BCUT2D eigenvalue weighted by molar-refractivity contribution is 6.33. The fraction of sp³-hybridized carbons (Fsp3) is 0.500. The van der Waals surface area contributed by atoms with Gasteiger partial charge in [0.15, 0.2) is 10.3 Å². The summed E-state index contributed by atoms with van der Waals surface area (Å²) < 4.78 is 5.01. The molecule has 0 N–H and O–H groups in total. The third-order valence-corrected chi connectivity index (χ3v) is 2.55. The van der Waals surface area contributed by atoms with Crippen LogP contribution in [0.5, 0.6) is 0 Å². The van der Waals surface area contributed by atoms with Crippen LogP contribution >= 0.6 is 23.2 Å². The van der Waals surface area contributed by atoms with Gasteiger partial charge in [-0.15, -0.1) is 10.2 Å². The summed E-state index contributed by atoms with van der Waals surface area (Å²) in [6.45, 7) is 1.68. The van der Waals surface area contributed by atoms with Gasteiger partial charge in [-0.3, -0.25) is 0 Å². The van der Waals surface area contributed by atoms with Crippen LogP contribution in [0.1, 0.15) is 6.42 Å². The molecular weight excluding hydrogens is 263 g/mol. The number of halogens is 2. The Balaban J connectivity index is 2.86. The second-order valence-corrected chi connectivity index (χ2v) is 3.98. The Morgan fingerprint density at radius 3 is 2.82 bits per heavy atom. The molecule has 5 nitrogen and oxygen atoms in total. The molecule has 7 heteroatoms. The lowest BCUT2D eigenvalue weighted by atomic mass is 10.3. The maximum Gasteiger partial charge on any atom is 0.175 e. The van der Waals surface area contributed by atoms with E-state index in [1.165, 1.54) is 0 Å². The van der Waals surface area contributed by atoms with Gasteiger partial charge in [0.05, 0.1) is 24.8 Å². The van der Waals surface area contributed by atoms with Gasteiger partial charge in [-0.1, -0.05) is 23.2 Å². The molecule has 0 fully saturated rings. The molecule has 0 bridgehead atoms. The Morgan fingerprint density at radius 2 is 2.18 bits per heavy atom. The van der Waals surface area contributed by atoms with Crippen LogP contribution in [0.25, 0.3) is 0 Å². The van der Waals surface area contributed by atoms with E-state index in [-0.39, 0.29) is 10.3 Å². The summed E-state index contributed by atoms with van der Waals surface area (Å²) in [4.78, 5) is 1.90. The first kappa shape index (κ1) is 14.0. The highest BCUT2D eigenvalue weighted by Gasteiger charge is 2.12. The van der Waals surface area contributed by atoms with Crippen LogP contribution < -0.4 is 4.90 Å². The minimum Gasteiger partial charge on any atom is -0.383 e. The van der Waals surface area contributed by atoms with Crippen LogP contribution in [-0.4, -0.2) is 37.0 Å². The Bertz CT molecular complexity index is 408. The largest absolute Gasteiger partial charge is 0.383 e. The van der Waals surface area contributed by atoms with Gasteiger partial charge in [0.25, 0.3) is 0 Å². The summed E-state index contributed by atoms with van der Waals surface area (Å²) in [5.41, 5.74) is 0.666. The van der Waals surface area contributed by atoms with Crippen molar-refractivity contribution in [3.05, 3.63) is 16.4 Å². The first-order valence-corrected chi connectivity index (χ1v) is 5.74. The molecule has 17 heavy (non-hydrogen) atoms. The molecule has 0 spiro atoms. The van der Waals surface area contributed by atoms with E-state index in [2.05, 4.69) is 16.3 Å². The molecule has 0 saturated carbocycles. The van der Waals surface area contributed by atoms with Crippen molar-refractivity contribution in [2.45, 2.75) is 6.42 Å². The SMILES string of the molecule is COCCN(CCC#N)c1cc(Cl)nnc1Cl. The number of methoxy groups -OCH3 is 1. The molecule has 0 aliphatic heterocycles. The third-order valence-electron chi connectivity index (χ3n) is 2.10. The molecule has 0 saturated heterocycles. The molecule has 1 aromatic heterocycles. The van der Waals surface area contributed by atoms with Gasteiger partial charge in [-0.05, 0) is 0 Å². The van der Waals surface area contributed by atoms with Crippen LogP contribution in [-0.2, 0) is 4.74 Å². The molecule has 0 aliphatic rings. The lowest BCUT2D eigenvalue weighted by Crippen LogP contribution is -2.28. The van der Waals surface area contributed by atoms with Crippen molar-refractivity contribution in [3.8, 4) is 6.07 Å². The molecule has 0 radical (unpaired) electrons. The standard InChI is InChI=1S/C10H12Cl2N4O/c1-17-6-5-16(4-2-3-13)8-7-9(11)14-15-10(8)12/h7H,2,4-6H2,1H3. The predicted molar refractivity (Wildman–Crippen MR) is 66.4 cm³/mol. The molecule has 0 aromatic carbocycles. The molecule has 1 rings (SSSR count). The zero-order valence-electron chi connectivity index (χ0n) is 9.36. The summed E-state index contributed by atoms with van der Waals surface area (Å²) in [5.74, 6) is 0. The fourth-order valence-electron chi connectivity index (χ4n) is 1.31. The molecule has 92 valence electrons. The normalized spacial score (nSPS) is 10.0. The second kappa shape index (κ2) is 7.28. The Morgan fingerprint density at radius 1 is 1.41 bits per heavy atom. The Labute approximate surface area is 110 Å². The number of hydrogen-bond acceptors (Lipinski definition) is 5. The summed E-state index contributed by atoms with van der Waals surface area (Å²) in [7, 11) is 1.61. The first-order chi connectivity index (χ1) is 8.19. The molecular formula is C10H12Cl2N4O. The average Bonchev–Trinajstić information content (AvgIpc) is 2.33. The average molecular weight is 275 g/mol. The zero-order valence-corrected chi connectivity index (χ0v) is 10.9. The van der Waals surface area contributed by atoms with Crippen molar-refractivity contribution in [1.29, 1.82) is 5.26 Å². The monoisotopic (exact) mass is 274 g/mol. The van der Waals surface area contributed by atoms with Crippen LogP contribution in [0.3, 0.4) is 0 Å². The first-order valence-electron chi connectivity index (χ1n) is 4.98. The van der Waals surface area contributed by atoms with Crippen LogP contribution in [0.15, 0.2) is 6.07 Å². The molecule has 0 aliphatic carbocycles. The fourth-order valence-corrected chi connectivity index (χ4v) is 1.66. The van der Waals surface area contributed by atoms with Gasteiger partial charge in [0.2, 0.25) is 0 Å². The van der Waals surface area contributed by atoms with E-state index in [9.17, 15) is 0 Å². The minimum absolute atomic E-state index is 0.267. The zero-order chi connectivity index (χ0) is 12.7. The van der Waals surface area contributed by atoms with Gasteiger partial charge in [0, 0.05) is 26.3 Å². The van der Waals surface area contributed by atoms with Crippen LogP contribution in [0.4, 0.5) is 5.69 Å². The van der Waals surface area contributed by atoms with Crippen molar-refractivity contribution < 1.29 is 4.74 Å². The molecule has 0 amide bonds. The highest BCUT2D eigenvalue weighted by atomic mass is 35.5. The molecule has 1 aromatic rings. The smallest absolute Gasteiger partial charge is 0.175 e. The van der Waals surface area contributed by atoms with Crippen molar-refractivity contribution >= 4 is 28.9 Å². The number of nitrogens with zero attached hydrogens (tertiary/aromatic N) is 4. The molecule has 0 atom stereocenters. The summed E-state index contributed by atoms with van der Waals surface area (Å²) >= 11 is 11.7. The predicted octanol–water partition coefficient (Wildman–Crippen LogP) is 2.15. The van der Waals surface area contributed by atoms with E-state index in [0.29, 0.717) is 31.8 Å². The lowest BCUT2D eigenvalue weighted by molar-refractivity contribution is 0.205. The van der Waals surface area contributed by atoms with Crippen LogP contribution in [0, 0.1) is 11.3 Å². The van der Waals surface area contributed by atoms with Gasteiger partial charge in [0.1, 0.15) is 0 Å². The van der Waals surface area contributed by atoms with Crippen molar-refractivity contribution in [2.24, 2.45) is 0 Å². The van der Waals surface area contributed by atoms with Gasteiger partial charge in [-0.25, -0.2) is 0 Å². The summed E-state index contributed by atoms with van der Waals surface area (Å²) in [6.07, 6.45) is 0.389. The summed E-state index contributed by atoms with van der Waals surface area (Å²) in [6, 6.07) is 3.71. The minimum atomic E-state index is 0.267. The van der Waals surface area contributed by atoms with Gasteiger partial charge >= 0.3 is 0 Å². The third kappa shape index (κ3) is 4.35. The Kier molecular flexibility index (Phi) is 5.98.